The molecular weight excluding hydrogens is 312 g/mol. The first-order valence-corrected chi connectivity index (χ1v) is 9.88. The van der Waals surface area contributed by atoms with E-state index in [0.717, 1.165) is 32.4 Å². The van der Waals surface area contributed by atoms with Crippen LogP contribution in [-0.2, 0) is 16.1 Å². The molecule has 1 saturated heterocycles. The van der Waals surface area contributed by atoms with Gasteiger partial charge < -0.3 is 10.1 Å². The maximum atomic E-state index is 12.3. The monoisotopic (exact) mass is 344 g/mol. The number of piperidine rings is 1. The van der Waals surface area contributed by atoms with Gasteiger partial charge in [0, 0.05) is 19.1 Å². The Labute approximate surface area is 151 Å². The van der Waals surface area contributed by atoms with E-state index in [2.05, 4.69) is 29.3 Å². The van der Waals surface area contributed by atoms with Crippen molar-refractivity contribution < 1.29 is 9.53 Å². The Bertz CT molecular complexity index is 526. The highest BCUT2D eigenvalue weighted by molar-refractivity contribution is 5.78. The first-order valence-electron chi connectivity index (χ1n) is 9.88. The van der Waals surface area contributed by atoms with E-state index in [4.69, 9.17) is 4.74 Å². The van der Waals surface area contributed by atoms with Gasteiger partial charge >= 0.3 is 0 Å². The molecule has 0 radical (unpaired) electrons. The summed E-state index contributed by atoms with van der Waals surface area (Å²) >= 11 is 0. The lowest BCUT2D eigenvalue weighted by atomic mass is 9.86. The van der Waals surface area contributed by atoms with Crippen LogP contribution in [0.5, 0.6) is 0 Å². The number of carbonyl (C=O) groups excluding carboxylic acids is 1. The quantitative estimate of drug-likeness (QED) is 0.860. The summed E-state index contributed by atoms with van der Waals surface area (Å²) in [5.74, 6) is 0.817. The predicted octanol–water partition coefficient (Wildman–Crippen LogP) is 3.36. The number of likely N-dealkylation sites (tertiary alicyclic amines) is 1. The van der Waals surface area contributed by atoms with Crippen molar-refractivity contribution in [2.24, 2.45) is 5.92 Å². The van der Waals surface area contributed by atoms with E-state index in [9.17, 15) is 4.79 Å². The van der Waals surface area contributed by atoms with Crippen molar-refractivity contribution in [3.63, 3.8) is 0 Å². The van der Waals surface area contributed by atoms with E-state index < -0.39 is 0 Å². The summed E-state index contributed by atoms with van der Waals surface area (Å²) in [5, 5.41) is 3.26. The molecule has 0 bridgehead atoms. The van der Waals surface area contributed by atoms with Crippen LogP contribution in [0.3, 0.4) is 0 Å². The minimum Gasteiger partial charge on any atom is -0.373 e. The van der Waals surface area contributed by atoms with Crippen molar-refractivity contribution in [3.8, 4) is 0 Å². The second-order valence-corrected chi connectivity index (χ2v) is 7.71. The van der Waals surface area contributed by atoms with Crippen LogP contribution in [0.15, 0.2) is 30.3 Å². The molecule has 4 nitrogen and oxygen atoms in total. The lowest BCUT2D eigenvalue weighted by Crippen LogP contribution is -2.47. The molecule has 0 aromatic heterocycles. The fourth-order valence-corrected chi connectivity index (χ4v) is 4.01. The van der Waals surface area contributed by atoms with Crippen LogP contribution in [0.25, 0.3) is 0 Å². The van der Waals surface area contributed by atoms with Crippen LogP contribution in [0.2, 0.25) is 0 Å². The molecule has 2 atom stereocenters. The zero-order valence-corrected chi connectivity index (χ0v) is 15.5. The van der Waals surface area contributed by atoms with E-state index in [1.165, 1.54) is 24.8 Å². The predicted molar refractivity (Wildman–Crippen MR) is 100 cm³/mol. The Kier molecular flexibility index (Phi) is 6.88. The molecular formula is C21H32N2O2. The van der Waals surface area contributed by atoms with Gasteiger partial charge in [0.1, 0.15) is 0 Å². The molecule has 1 heterocycles. The smallest absolute Gasteiger partial charge is 0.234 e. The molecule has 25 heavy (non-hydrogen) atoms. The average Bonchev–Trinajstić information content (AvgIpc) is 2.64. The molecule has 1 aromatic carbocycles. The number of nitrogens with one attached hydrogen (secondary N) is 1. The molecule has 1 saturated carbocycles. The van der Waals surface area contributed by atoms with Crippen LogP contribution >= 0.6 is 0 Å². The molecule has 2 aliphatic rings. The highest BCUT2D eigenvalue weighted by atomic mass is 16.5. The lowest BCUT2D eigenvalue weighted by molar-refractivity contribution is -0.124. The van der Waals surface area contributed by atoms with Gasteiger partial charge in [-0.15, -0.1) is 0 Å². The second kappa shape index (κ2) is 9.35. The van der Waals surface area contributed by atoms with Crippen molar-refractivity contribution in [3.05, 3.63) is 35.9 Å². The Morgan fingerprint density at radius 3 is 2.56 bits per heavy atom. The number of benzene rings is 1. The summed E-state index contributed by atoms with van der Waals surface area (Å²) < 4.78 is 6.03. The van der Waals surface area contributed by atoms with Crippen molar-refractivity contribution in [2.45, 2.75) is 64.2 Å². The first kappa shape index (κ1) is 18.4. The molecule has 4 heteroatoms. The first-order chi connectivity index (χ1) is 12.2. The van der Waals surface area contributed by atoms with Gasteiger partial charge in [0.25, 0.3) is 0 Å². The number of nitrogens with zero attached hydrogens (tertiary/aromatic N) is 1. The van der Waals surface area contributed by atoms with E-state index in [1.54, 1.807) is 0 Å². The maximum Gasteiger partial charge on any atom is 0.234 e. The SMILES string of the molecule is CC1CCCCC1NC(=O)CN1CCC(OCc2ccccc2)CC1. The summed E-state index contributed by atoms with van der Waals surface area (Å²) in [7, 11) is 0. The number of hydrogen-bond acceptors (Lipinski definition) is 3. The van der Waals surface area contributed by atoms with Gasteiger partial charge in [-0.05, 0) is 37.2 Å². The molecule has 3 rings (SSSR count). The van der Waals surface area contributed by atoms with Crippen molar-refractivity contribution in [1.82, 2.24) is 10.2 Å². The van der Waals surface area contributed by atoms with Gasteiger partial charge in [-0.1, -0.05) is 50.1 Å². The van der Waals surface area contributed by atoms with E-state index >= 15 is 0 Å². The summed E-state index contributed by atoms with van der Waals surface area (Å²) in [6.45, 7) is 5.39. The van der Waals surface area contributed by atoms with Gasteiger partial charge in [-0.3, -0.25) is 9.69 Å². The lowest BCUT2D eigenvalue weighted by Gasteiger charge is -2.33. The molecule has 1 aliphatic heterocycles. The minimum absolute atomic E-state index is 0.197. The number of carbonyl (C=O) groups is 1. The van der Waals surface area contributed by atoms with Gasteiger partial charge in [-0.2, -0.15) is 0 Å². The Morgan fingerprint density at radius 2 is 1.84 bits per heavy atom. The summed E-state index contributed by atoms with van der Waals surface area (Å²) in [5.41, 5.74) is 1.23. The van der Waals surface area contributed by atoms with Crippen molar-refractivity contribution in [1.29, 1.82) is 0 Å². The highest BCUT2D eigenvalue weighted by Gasteiger charge is 2.25. The molecule has 2 unspecified atom stereocenters. The third kappa shape index (κ3) is 5.82. The van der Waals surface area contributed by atoms with E-state index in [0.29, 0.717) is 31.2 Å². The third-order valence-corrected chi connectivity index (χ3v) is 5.69. The van der Waals surface area contributed by atoms with E-state index in [-0.39, 0.29) is 5.91 Å². The number of hydrogen-bond donors (Lipinski definition) is 1. The molecule has 0 spiro atoms. The van der Waals surface area contributed by atoms with Crippen LogP contribution in [0, 0.1) is 5.92 Å². The molecule has 1 N–H and O–H groups in total. The zero-order chi connectivity index (χ0) is 17.5. The number of rotatable bonds is 6. The van der Waals surface area contributed by atoms with Crippen LogP contribution in [0.1, 0.15) is 51.0 Å². The molecule has 1 amide bonds. The third-order valence-electron chi connectivity index (χ3n) is 5.69. The number of ether oxygens (including phenoxy) is 1. The van der Waals surface area contributed by atoms with Gasteiger partial charge in [0.2, 0.25) is 5.91 Å². The highest BCUT2D eigenvalue weighted by Crippen LogP contribution is 2.23. The zero-order valence-electron chi connectivity index (χ0n) is 15.5. The average molecular weight is 344 g/mol. The topological polar surface area (TPSA) is 41.6 Å². The van der Waals surface area contributed by atoms with Crippen LogP contribution in [0.4, 0.5) is 0 Å². The Hall–Kier alpha value is -1.39. The van der Waals surface area contributed by atoms with Crippen LogP contribution < -0.4 is 5.32 Å². The van der Waals surface area contributed by atoms with E-state index in [1.807, 2.05) is 18.2 Å². The summed E-state index contributed by atoms with van der Waals surface area (Å²) in [4.78, 5) is 14.6. The molecule has 1 aromatic rings. The van der Waals surface area contributed by atoms with Crippen molar-refractivity contribution >= 4 is 5.91 Å². The Balaban J connectivity index is 1.34. The van der Waals surface area contributed by atoms with Gasteiger partial charge in [-0.25, -0.2) is 0 Å². The normalized spacial score (nSPS) is 25.6. The minimum atomic E-state index is 0.197. The molecule has 138 valence electrons. The van der Waals surface area contributed by atoms with Gasteiger partial charge in [0.15, 0.2) is 0 Å². The molecule has 2 fully saturated rings. The summed E-state index contributed by atoms with van der Waals surface area (Å²) in [6.07, 6.45) is 7.29. The summed E-state index contributed by atoms with van der Waals surface area (Å²) in [6, 6.07) is 10.7. The van der Waals surface area contributed by atoms with Crippen molar-refractivity contribution in [2.75, 3.05) is 19.6 Å². The fraction of sp³-hybridized carbons (Fsp3) is 0.667. The Morgan fingerprint density at radius 1 is 1.12 bits per heavy atom. The standard InChI is InChI=1S/C21H32N2O2/c1-17-7-5-6-10-20(17)22-21(24)15-23-13-11-19(12-14-23)25-16-18-8-3-2-4-9-18/h2-4,8-9,17,19-20H,5-7,10-16H2,1H3,(H,22,24). The number of amides is 1. The largest absolute Gasteiger partial charge is 0.373 e. The molecule has 1 aliphatic carbocycles. The fourth-order valence-electron chi connectivity index (χ4n) is 4.01. The second-order valence-electron chi connectivity index (χ2n) is 7.71. The van der Waals surface area contributed by atoms with Gasteiger partial charge in [0.05, 0.1) is 19.3 Å². The van der Waals surface area contributed by atoms with Crippen LogP contribution in [-0.4, -0.2) is 42.6 Å². The maximum absolute atomic E-state index is 12.3.